The van der Waals surface area contributed by atoms with E-state index in [9.17, 15) is 4.79 Å². The molecule has 0 aromatic heterocycles. The third-order valence-corrected chi connectivity index (χ3v) is 3.04. The third kappa shape index (κ3) is 3.93. The van der Waals surface area contributed by atoms with E-state index in [0.717, 1.165) is 12.3 Å². The van der Waals surface area contributed by atoms with Crippen molar-refractivity contribution in [1.82, 2.24) is 0 Å². The average molecular weight is 182 g/mol. The molecule has 1 nitrogen and oxygen atoms in total. The van der Waals surface area contributed by atoms with Gasteiger partial charge in [0.05, 0.1) is 0 Å². The lowest BCUT2D eigenvalue weighted by molar-refractivity contribution is -0.119. The fraction of sp³-hybridized carbons (Fsp3) is 0.917. The van der Waals surface area contributed by atoms with Gasteiger partial charge in [-0.1, -0.05) is 39.5 Å². The van der Waals surface area contributed by atoms with Crippen LogP contribution in [0.2, 0.25) is 0 Å². The van der Waals surface area contributed by atoms with Crippen LogP contribution in [0.15, 0.2) is 0 Å². The molecule has 0 saturated heterocycles. The first-order valence-electron chi connectivity index (χ1n) is 5.49. The summed E-state index contributed by atoms with van der Waals surface area (Å²) >= 11 is 0. The summed E-state index contributed by atoms with van der Waals surface area (Å²) in [7, 11) is 0. The standard InChI is InChI=1S/C12H22O/c1-10(13)8-12(2,3)9-11-6-4-5-7-11/h11H,4-9H2,1-3H3. The number of hydrogen-bond acceptors (Lipinski definition) is 1. The van der Waals surface area contributed by atoms with Crippen LogP contribution in [0, 0.1) is 11.3 Å². The average Bonchev–Trinajstić information content (AvgIpc) is 2.34. The molecule has 1 saturated carbocycles. The van der Waals surface area contributed by atoms with Crippen LogP contribution in [0.4, 0.5) is 0 Å². The predicted molar refractivity (Wildman–Crippen MR) is 55.7 cm³/mol. The van der Waals surface area contributed by atoms with Crippen LogP contribution >= 0.6 is 0 Å². The summed E-state index contributed by atoms with van der Waals surface area (Å²) in [5.41, 5.74) is 0.237. The van der Waals surface area contributed by atoms with Crippen molar-refractivity contribution in [2.75, 3.05) is 0 Å². The zero-order valence-corrected chi connectivity index (χ0v) is 9.23. The minimum Gasteiger partial charge on any atom is -0.300 e. The largest absolute Gasteiger partial charge is 0.300 e. The first kappa shape index (κ1) is 10.7. The molecule has 0 spiro atoms. The van der Waals surface area contributed by atoms with E-state index >= 15 is 0 Å². The molecule has 1 fully saturated rings. The molecule has 1 aliphatic carbocycles. The van der Waals surface area contributed by atoms with Crippen molar-refractivity contribution in [2.24, 2.45) is 11.3 Å². The highest BCUT2D eigenvalue weighted by atomic mass is 16.1. The van der Waals surface area contributed by atoms with Gasteiger partial charge in [0, 0.05) is 6.42 Å². The maximum Gasteiger partial charge on any atom is 0.130 e. The highest BCUT2D eigenvalue weighted by Crippen LogP contribution is 2.37. The molecule has 1 aliphatic rings. The van der Waals surface area contributed by atoms with E-state index in [-0.39, 0.29) is 5.41 Å². The lowest BCUT2D eigenvalue weighted by atomic mass is 9.78. The van der Waals surface area contributed by atoms with Gasteiger partial charge >= 0.3 is 0 Å². The molecular formula is C12H22O. The quantitative estimate of drug-likeness (QED) is 0.649. The molecule has 0 aromatic carbocycles. The van der Waals surface area contributed by atoms with Gasteiger partial charge in [0.1, 0.15) is 5.78 Å². The molecule has 13 heavy (non-hydrogen) atoms. The Balaban J connectivity index is 2.35. The Labute approximate surface area is 81.9 Å². The van der Waals surface area contributed by atoms with Gasteiger partial charge in [0.15, 0.2) is 0 Å². The van der Waals surface area contributed by atoms with Crippen LogP contribution in [0.25, 0.3) is 0 Å². The number of Topliss-reactive ketones (excluding diaryl/α,β-unsaturated/α-hetero) is 1. The van der Waals surface area contributed by atoms with Gasteiger partial charge < -0.3 is 4.79 Å². The summed E-state index contributed by atoms with van der Waals surface area (Å²) in [4.78, 5) is 11.0. The molecule has 0 heterocycles. The lowest BCUT2D eigenvalue weighted by Gasteiger charge is -2.26. The number of ketones is 1. The van der Waals surface area contributed by atoms with Crippen LogP contribution in [0.1, 0.15) is 59.3 Å². The molecule has 0 bridgehead atoms. The van der Waals surface area contributed by atoms with Crippen LogP contribution < -0.4 is 0 Å². The van der Waals surface area contributed by atoms with Crippen molar-refractivity contribution >= 4 is 5.78 Å². The Kier molecular flexibility index (Phi) is 3.52. The zero-order valence-electron chi connectivity index (χ0n) is 9.23. The van der Waals surface area contributed by atoms with E-state index in [4.69, 9.17) is 0 Å². The van der Waals surface area contributed by atoms with E-state index in [1.54, 1.807) is 6.92 Å². The van der Waals surface area contributed by atoms with E-state index < -0.39 is 0 Å². The molecule has 0 N–H and O–H groups in total. The van der Waals surface area contributed by atoms with Gasteiger partial charge in [-0.15, -0.1) is 0 Å². The van der Waals surface area contributed by atoms with Crippen molar-refractivity contribution in [3.05, 3.63) is 0 Å². The maximum absolute atomic E-state index is 11.0. The predicted octanol–water partition coefficient (Wildman–Crippen LogP) is 3.57. The molecule has 76 valence electrons. The molecule has 1 rings (SSSR count). The third-order valence-electron chi connectivity index (χ3n) is 3.04. The van der Waals surface area contributed by atoms with E-state index in [1.165, 1.54) is 32.1 Å². The van der Waals surface area contributed by atoms with Crippen molar-refractivity contribution in [1.29, 1.82) is 0 Å². The van der Waals surface area contributed by atoms with E-state index in [1.807, 2.05) is 0 Å². The Morgan fingerprint density at radius 1 is 1.31 bits per heavy atom. The second-order valence-corrected chi connectivity index (χ2v) is 5.40. The lowest BCUT2D eigenvalue weighted by Crippen LogP contribution is -2.18. The second kappa shape index (κ2) is 4.26. The van der Waals surface area contributed by atoms with Crippen LogP contribution in [0.3, 0.4) is 0 Å². The van der Waals surface area contributed by atoms with Crippen LogP contribution in [0.5, 0.6) is 0 Å². The zero-order chi connectivity index (χ0) is 9.90. The summed E-state index contributed by atoms with van der Waals surface area (Å²) < 4.78 is 0. The summed E-state index contributed by atoms with van der Waals surface area (Å²) in [6.45, 7) is 6.16. The first-order chi connectivity index (χ1) is 5.99. The Bertz CT molecular complexity index is 176. The Hall–Kier alpha value is -0.330. The summed E-state index contributed by atoms with van der Waals surface area (Å²) in [6.07, 6.45) is 7.58. The SMILES string of the molecule is CC(=O)CC(C)(C)CC1CCCC1. The molecule has 1 heteroatoms. The minimum absolute atomic E-state index is 0.237. The smallest absolute Gasteiger partial charge is 0.130 e. The number of hydrogen-bond donors (Lipinski definition) is 0. The van der Waals surface area contributed by atoms with E-state index in [0.29, 0.717) is 5.78 Å². The van der Waals surface area contributed by atoms with Crippen molar-refractivity contribution in [3.63, 3.8) is 0 Å². The molecule has 0 aliphatic heterocycles. The molecule has 0 unspecified atom stereocenters. The van der Waals surface area contributed by atoms with Crippen molar-refractivity contribution in [3.8, 4) is 0 Å². The molecule has 0 atom stereocenters. The minimum atomic E-state index is 0.237. The van der Waals surface area contributed by atoms with Crippen LogP contribution in [-0.2, 0) is 4.79 Å². The molecule has 0 amide bonds. The maximum atomic E-state index is 11.0. The van der Waals surface area contributed by atoms with Crippen molar-refractivity contribution in [2.45, 2.75) is 59.3 Å². The van der Waals surface area contributed by atoms with Gasteiger partial charge in [-0.2, -0.15) is 0 Å². The fourth-order valence-corrected chi connectivity index (χ4v) is 2.74. The molecule has 0 aromatic rings. The normalized spacial score (nSPS) is 19.3. The molecular weight excluding hydrogens is 160 g/mol. The Morgan fingerprint density at radius 3 is 2.31 bits per heavy atom. The van der Waals surface area contributed by atoms with Gasteiger partial charge in [-0.3, -0.25) is 0 Å². The fourth-order valence-electron chi connectivity index (χ4n) is 2.74. The summed E-state index contributed by atoms with van der Waals surface area (Å²) in [5, 5.41) is 0. The van der Waals surface area contributed by atoms with Gasteiger partial charge in [-0.25, -0.2) is 0 Å². The highest BCUT2D eigenvalue weighted by molar-refractivity contribution is 5.76. The highest BCUT2D eigenvalue weighted by Gasteiger charge is 2.26. The Morgan fingerprint density at radius 2 is 1.85 bits per heavy atom. The summed E-state index contributed by atoms with van der Waals surface area (Å²) in [6, 6.07) is 0. The first-order valence-corrected chi connectivity index (χ1v) is 5.49. The number of rotatable bonds is 4. The van der Waals surface area contributed by atoms with E-state index in [2.05, 4.69) is 13.8 Å². The number of carbonyl (C=O) groups is 1. The van der Waals surface area contributed by atoms with Crippen LogP contribution in [-0.4, -0.2) is 5.78 Å². The molecule has 0 radical (unpaired) electrons. The second-order valence-electron chi connectivity index (χ2n) is 5.40. The van der Waals surface area contributed by atoms with Crippen molar-refractivity contribution < 1.29 is 4.79 Å². The monoisotopic (exact) mass is 182 g/mol. The van der Waals surface area contributed by atoms with Gasteiger partial charge in [0.25, 0.3) is 0 Å². The van der Waals surface area contributed by atoms with Gasteiger partial charge in [-0.05, 0) is 24.7 Å². The summed E-state index contributed by atoms with van der Waals surface area (Å²) in [5.74, 6) is 1.23. The number of carbonyl (C=O) groups excluding carboxylic acids is 1. The topological polar surface area (TPSA) is 17.1 Å². The van der Waals surface area contributed by atoms with Gasteiger partial charge in [0.2, 0.25) is 0 Å².